The lowest BCUT2D eigenvalue weighted by Crippen LogP contribution is -2.19. The zero-order chi connectivity index (χ0) is 26.4. The Morgan fingerprint density at radius 3 is 2.51 bits per heavy atom. The van der Waals surface area contributed by atoms with Gasteiger partial charge in [0.25, 0.3) is 0 Å². The number of rotatable bonds is 9. The highest BCUT2D eigenvalue weighted by atomic mass is 15.1. The Hall–Kier alpha value is -3.98. The molecule has 0 amide bonds. The third-order valence-corrected chi connectivity index (χ3v) is 6.99. The van der Waals surface area contributed by atoms with Crippen molar-refractivity contribution in [1.82, 2.24) is 14.9 Å². The number of aryl methyl sites for hydroxylation is 2. The number of pyridine rings is 2. The topological polar surface area (TPSA) is 29.0 Å². The minimum Gasteiger partial charge on any atom is -0.354 e. The molecule has 2 aromatic heterocycles. The lowest BCUT2D eigenvalue weighted by Gasteiger charge is -2.27. The second kappa shape index (κ2) is 11.8. The van der Waals surface area contributed by atoms with Gasteiger partial charge in [0.05, 0.1) is 17.1 Å². The van der Waals surface area contributed by atoms with Crippen molar-refractivity contribution in [3.05, 3.63) is 137 Å². The standard InChI is InChI=1S/C34H37N3/c1-7-30-28(21-24(4)20-26-15-11-10-14-25(26)5)23-29-22-27(17-18-31(29)36-30)34(32-16-12-13-19-35-32)33(8-2)37(6)9-3/h8-20,22-23,34H,3,7,21H2,1-2,4-6H3/b24-20+,33-8-. The maximum Gasteiger partial charge on any atom is 0.0705 e. The Labute approximate surface area is 221 Å². The van der Waals surface area contributed by atoms with Gasteiger partial charge in [-0.15, -0.1) is 0 Å². The van der Waals surface area contributed by atoms with E-state index in [1.165, 1.54) is 33.5 Å². The smallest absolute Gasteiger partial charge is 0.0705 e. The summed E-state index contributed by atoms with van der Waals surface area (Å²) in [5.41, 5.74) is 10.7. The number of benzene rings is 2. The largest absolute Gasteiger partial charge is 0.354 e. The van der Waals surface area contributed by atoms with Gasteiger partial charge in [-0.3, -0.25) is 9.97 Å². The average molecular weight is 488 g/mol. The van der Waals surface area contributed by atoms with Crippen LogP contribution in [-0.4, -0.2) is 21.9 Å². The summed E-state index contributed by atoms with van der Waals surface area (Å²) >= 11 is 0. The highest BCUT2D eigenvalue weighted by molar-refractivity contribution is 5.81. The second-order valence-corrected chi connectivity index (χ2v) is 9.62. The first-order valence-electron chi connectivity index (χ1n) is 13.0. The molecule has 2 heterocycles. The van der Waals surface area contributed by atoms with Gasteiger partial charge in [0, 0.05) is 30.0 Å². The minimum atomic E-state index is -0.00408. The lowest BCUT2D eigenvalue weighted by molar-refractivity contribution is 0.526. The van der Waals surface area contributed by atoms with Gasteiger partial charge in [0.2, 0.25) is 0 Å². The van der Waals surface area contributed by atoms with Gasteiger partial charge in [-0.1, -0.05) is 67.6 Å². The van der Waals surface area contributed by atoms with Gasteiger partial charge in [0.1, 0.15) is 0 Å². The molecule has 37 heavy (non-hydrogen) atoms. The monoisotopic (exact) mass is 487 g/mol. The van der Waals surface area contributed by atoms with Crippen molar-refractivity contribution in [3.8, 4) is 0 Å². The van der Waals surface area contributed by atoms with Crippen LogP contribution in [-0.2, 0) is 12.8 Å². The third kappa shape index (κ3) is 5.89. The summed E-state index contributed by atoms with van der Waals surface area (Å²) in [6.07, 6.45) is 9.96. The number of likely N-dealkylation sites (N-methyl/N-ethyl adjacent to an activating group) is 1. The SMILES string of the molecule is C=CN(C)/C(=C\C)C(c1ccc2nc(CC)c(C/C(C)=C/c3ccccc3C)cc2c1)c1ccccn1. The van der Waals surface area contributed by atoms with E-state index >= 15 is 0 Å². The van der Waals surface area contributed by atoms with Gasteiger partial charge < -0.3 is 4.90 Å². The molecule has 0 aliphatic rings. The molecule has 1 atom stereocenters. The van der Waals surface area contributed by atoms with Gasteiger partial charge >= 0.3 is 0 Å². The molecular formula is C34H37N3. The fourth-order valence-corrected chi connectivity index (χ4v) is 5.00. The summed E-state index contributed by atoms with van der Waals surface area (Å²) in [4.78, 5) is 11.9. The molecule has 0 radical (unpaired) electrons. The van der Waals surface area contributed by atoms with E-state index < -0.39 is 0 Å². The Kier molecular flexibility index (Phi) is 8.35. The number of hydrogen-bond acceptors (Lipinski definition) is 3. The van der Waals surface area contributed by atoms with Crippen LogP contribution >= 0.6 is 0 Å². The highest BCUT2D eigenvalue weighted by Gasteiger charge is 2.22. The van der Waals surface area contributed by atoms with Gasteiger partial charge in [-0.25, -0.2) is 0 Å². The van der Waals surface area contributed by atoms with E-state index in [9.17, 15) is 0 Å². The van der Waals surface area contributed by atoms with Crippen molar-refractivity contribution in [2.45, 2.75) is 46.5 Å². The predicted octanol–water partition coefficient (Wildman–Crippen LogP) is 8.26. The number of hydrogen-bond donors (Lipinski definition) is 0. The molecule has 1 unspecified atom stereocenters. The Morgan fingerprint density at radius 2 is 1.84 bits per heavy atom. The molecule has 0 saturated heterocycles. The van der Waals surface area contributed by atoms with E-state index in [0.717, 1.165) is 35.1 Å². The van der Waals surface area contributed by atoms with Crippen LogP contribution in [0.1, 0.15) is 60.3 Å². The number of allylic oxidation sites excluding steroid dienone is 3. The summed E-state index contributed by atoms with van der Waals surface area (Å²) in [5.74, 6) is -0.00408. The normalized spacial score (nSPS) is 13.0. The van der Waals surface area contributed by atoms with Gasteiger partial charge in [-0.05, 0) is 92.4 Å². The number of nitrogens with zero attached hydrogens (tertiary/aromatic N) is 3. The average Bonchev–Trinajstić information content (AvgIpc) is 2.92. The highest BCUT2D eigenvalue weighted by Crippen LogP contribution is 2.34. The van der Waals surface area contributed by atoms with Crippen molar-refractivity contribution in [2.24, 2.45) is 0 Å². The summed E-state index contributed by atoms with van der Waals surface area (Å²) in [7, 11) is 2.04. The molecule has 4 rings (SSSR count). The molecule has 188 valence electrons. The minimum absolute atomic E-state index is 0.00408. The molecule has 3 nitrogen and oxygen atoms in total. The van der Waals surface area contributed by atoms with Crippen LogP contribution in [0.5, 0.6) is 0 Å². The van der Waals surface area contributed by atoms with Crippen molar-refractivity contribution in [1.29, 1.82) is 0 Å². The van der Waals surface area contributed by atoms with Crippen LogP contribution in [0.25, 0.3) is 17.0 Å². The predicted molar refractivity (Wildman–Crippen MR) is 157 cm³/mol. The van der Waals surface area contributed by atoms with Crippen molar-refractivity contribution in [2.75, 3.05) is 7.05 Å². The molecule has 0 fully saturated rings. The first-order valence-corrected chi connectivity index (χ1v) is 13.0. The van der Waals surface area contributed by atoms with Crippen molar-refractivity contribution in [3.63, 3.8) is 0 Å². The zero-order valence-corrected chi connectivity index (χ0v) is 22.7. The van der Waals surface area contributed by atoms with Crippen LogP contribution in [0.3, 0.4) is 0 Å². The molecule has 2 aromatic carbocycles. The summed E-state index contributed by atoms with van der Waals surface area (Å²) < 4.78 is 0. The van der Waals surface area contributed by atoms with Crippen LogP contribution in [0.2, 0.25) is 0 Å². The Balaban J connectivity index is 1.79. The fourth-order valence-electron chi connectivity index (χ4n) is 5.00. The molecule has 0 aliphatic carbocycles. The van der Waals surface area contributed by atoms with E-state index in [4.69, 9.17) is 9.97 Å². The number of fused-ring (bicyclic) bond motifs is 1. The van der Waals surface area contributed by atoms with E-state index in [1.807, 2.05) is 31.6 Å². The van der Waals surface area contributed by atoms with Gasteiger partial charge in [-0.2, -0.15) is 0 Å². The maximum absolute atomic E-state index is 5.08. The van der Waals surface area contributed by atoms with Crippen LogP contribution in [0, 0.1) is 6.92 Å². The van der Waals surface area contributed by atoms with Crippen molar-refractivity contribution < 1.29 is 0 Å². The second-order valence-electron chi connectivity index (χ2n) is 9.62. The molecule has 4 aromatic rings. The molecule has 0 spiro atoms. The first kappa shape index (κ1) is 26.1. The van der Waals surface area contributed by atoms with E-state index in [2.05, 4.69) is 106 Å². The van der Waals surface area contributed by atoms with E-state index in [1.54, 1.807) is 0 Å². The van der Waals surface area contributed by atoms with Crippen molar-refractivity contribution >= 4 is 17.0 Å². The third-order valence-electron chi connectivity index (χ3n) is 6.99. The molecule has 3 heteroatoms. The van der Waals surface area contributed by atoms with Crippen LogP contribution in [0.15, 0.2) is 103 Å². The lowest BCUT2D eigenvalue weighted by atomic mass is 9.89. The Morgan fingerprint density at radius 1 is 1.05 bits per heavy atom. The van der Waals surface area contributed by atoms with E-state index in [-0.39, 0.29) is 5.92 Å². The van der Waals surface area contributed by atoms with Crippen LogP contribution < -0.4 is 0 Å². The summed E-state index contributed by atoms with van der Waals surface area (Å²) in [5, 5.41) is 1.16. The molecular weight excluding hydrogens is 450 g/mol. The fraction of sp³-hybridized carbons (Fsp3) is 0.235. The quantitative estimate of drug-likeness (QED) is 0.238. The summed E-state index contributed by atoms with van der Waals surface area (Å²) in [6.45, 7) is 12.6. The molecule has 0 aliphatic heterocycles. The Bertz CT molecular complexity index is 1450. The molecule has 0 saturated carbocycles. The number of aromatic nitrogens is 2. The molecule has 0 bridgehead atoms. The molecule has 0 N–H and O–H groups in total. The zero-order valence-electron chi connectivity index (χ0n) is 22.7. The van der Waals surface area contributed by atoms with E-state index in [0.29, 0.717) is 0 Å². The maximum atomic E-state index is 5.08. The van der Waals surface area contributed by atoms with Crippen LogP contribution in [0.4, 0.5) is 0 Å². The first-order chi connectivity index (χ1) is 17.9. The summed E-state index contributed by atoms with van der Waals surface area (Å²) in [6, 6.07) is 23.6. The van der Waals surface area contributed by atoms with Gasteiger partial charge in [0.15, 0.2) is 0 Å².